The maximum absolute atomic E-state index is 11.7. The predicted octanol–water partition coefficient (Wildman–Crippen LogP) is 5.16. The van der Waals surface area contributed by atoms with E-state index < -0.39 is 11.8 Å². The van der Waals surface area contributed by atoms with Gasteiger partial charge in [-0.05, 0) is 33.1 Å². The summed E-state index contributed by atoms with van der Waals surface area (Å²) in [5, 5.41) is 0. The van der Waals surface area contributed by atoms with Crippen molar-refractivity contribution in [3.05, 3.63) is 12.3 Å². The number of carbonyl (C=O) groups excluding carboxylic acids is 1. The van der Waals surface area contributed by atoms with Crippen LogP contribution in [0.2, 0.25) is 0 Å². The van der Waals surface area contributed by atoms with Gasteiger partial charge in [0.25, 0.3) is 6.47 Å². The van der Waals surface area contributed by atoms with Crippen molar-refractivity contribution in [2.24, 2.45) is 10.9 Å². The first kappa shape index (κ1) is 24.7. The second-order valence-electron chi connectivity index (χ2n) is 4.39. The summed E-state index contributed by atoms with van der Waals surface area (Å²) in [6.07, 6.45) is 2.38. The molecule has 0 aliphatic carbocycles. The molecule has 0 spiro atoms. The molecule has 21 heavy (non-hydrogen) atoms. The molecule has 0 aliphatic rings. The summed E-state index contributed by atoms with van der Waals surface area (Å²) < 4.78 is 39.0. The highest BCUT2D eigenvalue weighted by atomic mass is 19.4. The number of aliphatic imine (C=N–C) groups is 1. The largest absolute Gasteiger partial charge is 0.452 e. The first-order valence-electron chi connectivity index (χ1n) is 6.95. The lowest BCUT2D eigenvalue weighted by atomic mass is 10.1. The highest BCUT2D eigenvalue weighted by Gasteiger charge is 2.49. The van der Waals surface area contributed by atoms with Gasteiger partial charge in [0.05, 0.1) is 0 Å². The summed E-state index contributed by atoms with van der Waals surface area (Å²) in [5.41, 5.74) is -2.38. The zero-order valence-corrected chi connectivity index (χ0v) is 14.0. The van der Waals surface area contributed by atoms with Gasteiger partial charge in [0, 0.05) is 12.4 Å². The van der Waals surface area contributed by atoms with Crippen LogP contribution in [0.5, 0.6) is 0 Å². The topological polar surface area (TPSA) is 38.7 Å². The zero-order chi connectivity index (χ0) is 17.5. The fourth-order valence-electron chi connectivity index (χ4n) is 0.575. The third-order valence-electron chi connectivity index (χ3n) is 2.25. The van der Waals surface area contributed by atoms with Gasteiger partial charge in [0.2, 0.25) is 5.60 Å². The van der Waals surface area contributed by atoms with Crippen molar-refractivity contribution < 1.29 is 22.7 Å². The molecule has 1 unspecified atom stereocenters. The Bertz CT molecular complexity index is 298. The molecule has 0 saturated carbocycles. The quantitative estimate of drug-likeness (QED) is 0.519. The number of ether oxygens (including phenoxy) is 1. The minimum atomic E-state index is -4.51. The molecule has 6 heteroatoms. The minimum absolute atomic E-state index is 0.215. The molecule has 0 N–H and O–H groups in total. The van der Waals surface area contributed by atoms with Crippen molar-refractivity contribution in [1.29, 1.82) is 0 Å². The lowest BCUT2D eigenvalue weighted by molar-refractivity contribution is -0.251. The Morgan fingerprint density at radius 2 is 1.71 bits per heavy atom. The van der Waals surface area contributed by atoms with Gasteiger partial charge in [0.1, 0.15) is 0 Å². The maximum Gasteiger partial charge on any atom is 0.427 e. The summed E-state index contributed by atoms with van der Waals surface area (Å²) in [4.78, 5) is 13.6. The van der Waals surface area contributed by atoms with Crippen LogP contribution in [0.4, 0.5) is 13.2 Å². The number of carbonyl (C=O) groups is 1. The van der Waals surface area contributed by atoms with E-state index in [1.54, 1.807) is 0 Å². The Morgan fingerprint density at radius 3 is 1.95 bits per heavy atom. The van der Waals surface area contributed by atoms with Gasteiger partial charge in [-0.25, -0.2) is 0 Å². The molecule has 0 amide bonds. The standard InChI is InChI=1S/C8H15N.C5H7F3O2.C2H6/c1-4-6-9-7-8(3)5-2;1-4(2,10-3-9)5(6,7)8;1-2/h4,6-8H,5H2,1-3H3;3H,1-2H3;1-2H3/b6-4-,9-7?;;. The number of halogens is 3. The van der Waals surface area contributed by atoms with E-state index >= 15 is 0 Å². The summed E-state index contributed by atoms with van der Waals surface area (Å²) in [6, 6.07) is 0. The molecule has 126 valence electrons. The number of allylic oxidation sites excluding steroid dienone is 1. The molecular weight excluding hydrogens is 283 g/mol. The molecule has 0 aliphatic heterocycles. The highest BCUT2D eigenvalue weighted by Crippen LogP contribution is 2.31. The Morgan fingerprint density at radius 1 is 1.24 bits per heavy atom. The molecule has 1 atom stereocenters. The van der Waals surface area contributed by atoms with Gasteiger partial charge in [-0.2, -0.15) is 13.2 Å². The van der Waals surface area contributed by atoms with Crippen LogP contribution in [0.15, 0.2) is 17.3 Å². The van der Waals surface area contributed by atoms with Gasteiger partial charge < -0.3 is 4.74 Å². The van der Waals surface area contributed by atoms with Crippen molar-refractivity contribution >= 4 is 12.7 Å². The second kappa shape index (κ2) is 13.6. The van der Waals surface area contributed by atoms with Crippen LogP contribution in [0.25, 0.3) is 0 Å². The van der Waals surface area contributed by atoms with E-state index in [9.17, 15) is 18.0 Å². The summed E-state index contributed by atoms with van der Waals surface area (Å²) >= 11 is 0. The van der Waals surface area contributed by atoms with Crippen molar-refractivity contribution in [2.45, 2.75) is 66.7 Å². The van der Waals surface area contributed by atoms with Crippen molar-refractivity contribution in [2.75, 3.05) is 0 Å². The van der Waals surface area contributed by atoms with Crippen LogP contribution in [0, 0.1) is 5.92 Å². The molecule has 3 nitrogen and oxygen atoms in total. The molecule has 0 aromatic heterocycles. The van der Waals surface area contributed by atoms with Gasteiger partial charge in [-0.15, -0.1) is 0 Å². The van der Waals surface area contributed by atoms with E-state index in [4.69, 9.17) is 0 Å². The molecule has 0 fully saturated rings. The number of alkyl halides is 3. The number of rotatable bonds is 5. The fraction of sp³-hybridized carbons (Fsp3) is 0.733. The van der Waals surface area contributed by atoms with E-state index in [0.29, 0.717) is 5.92 Å². The lowest BCUT2D eigenvalue weighted by Gasteiger charge is -2.24. The van der Waals surface area contributed by atoms with E-state index in [2.05, 4.69) is 23.6 Å². The van der Waals surface area contributed by atoms with Crippen molar-refractivity contribution in [3.8, 4) is 0 Å². The summed E-state index contributed by atoms with van der Waals surface area (Å²) in [7, 11) is 0. The predicted molar refractivity (Wildman–Crippen MR) is 81.4 cm³/mol. The summed E-state index contributed by atoms with van der Waals surface area (Å²) in [6.45, 7) is 11.6. The fourth-order valence-corrected chi connectivity index (χ4v) is 0.575. The van der Waals surface area contributed by atoms with Crippen LogP contribution in [0.3, 0.4) is 0 Å². The van der Waals surface area contributed by atoms with Gasteiger partial charge in [0.15, 0.2) is 0 Å². The Balaban J connectivity index is -0.000000277. The lowest BCUT2D eigenvalue weighted by Crippen LogP contribution is -2.41. The molecular formula is C15H28F3NO2. The molecule has 0 heterocycles. The molecule has 0 bridgehead atoms. The smallest absolute Gasteiger partial charge is 0.427 e. The number of hydrogen-bond acceptors (Lipinski definition) is 3. The highest BCUT2D eigenvalue weighted by molar-refractivity contribution is 5.60. The van der Waals surface area contributed by atoms with Crippen LogP contribution < -0.4 is 0 Å². The average Bonchev–Trinajstić information content (AvgIpc) is 2.40. The minimum Gasteiger partial charge on any atom is -0.452 e. The van der Waals surface area contributed by atoms with Gasteiger partial charge in [-0.3, -0.25) is 9.79 Å². The van der Waals surface area contributed by atoms with E-state index in [-0.39, 0.29) is 6.47 Å². The second-order valence-corrected chi connectivity index (χ2v) is 4.39. The number of hydrogen-bond donors (Lipinski definition) is 0. The molecule has 0 saturated heterocycles. The van der Waals surface area contributed by atoms with Crippen molar-refractivity contribution in [1.82, 2.24) is 0 Å². The molecule has 0 aromatic carbocycles. The van der Waals surface area contributed by atoms with Crippen molar-refractivity contribution in [3.63, 3.8) is 0 Å². The van der Waals surface area contributed by atoms with E-state index in [1.807, 2.05) is 39.3 Å². The third-order valence-corrected chi connectivity index (χ3v) is 2.25. The monoisotopic (exact) mass is 311 g/mol. The Labute approximate surface area is 126 Å². The number of nitrogens with zero attached hydrogens (tertiary/aromatic N) is 1. The molecule has 0 radical (unpaired) electrons. The maximum atomic E-state index is 11.7. The van der Waals surface area contributed by atoms with Crippen LogP contribution in [-0.2, 0) is 9.53 Å². The Hall–Kier alpha value is -1.33. The van der Waals surface area contributed by atoms with Gasteiger partial charge in [-0.1, -0.05) is 33.8 Å². The molecule has 0 aromatic rings. The van der Waals surface area contributed by atoms with E-state index in [0.717, 1.165) is 13.8 Å². The SMILES string of the molecule is C/C=C\N=CC(C)CC.CC.CC(C)(OC=O)C(F)(F)F. The summed E-state index contributed by atoms with van der Waals surface area (Å²) in [5.74, 6) is 0.612. The van der Waals surface area contributed by atoms with Crippen LogP contribution in [-0.4, -0.2) is 24.5 Å². The van der Waals surface area contributed by atoms with E-state index in [1.165, 1.54) is 6.42 Å². The van der Waals surface area contributed by atoms with Crippen LogP contribution >= 0.6 is 0 Å². The molecule has 0 rings (SSSR count). The third kappa shape index (κ3) is 14.9. The first-order chi connectivity index (χ1) is 9.62. The Kier molecular flexibility index (Phi) is 16.0. The normalized spacial score (nSPS) is 13.0. The first-order valence-corrected chi connectivity index (χ1v) is 6.95. The van der Waals surface area contributed by atoms with Crippen LogP contribution in [0.1, 0.15) is 54.9 Å². The zero-order valence-electron chi connectivity index (χ0n) is 14.0. The average molecular weight is 311 g/mol. The van der Waals surface area contributed by atoms with Gasteiger partial charge >= 0.3 is 6.18 Å².